The first kappa shape index (κ1) is 18.4. The predicted molar refractivity (Wildman–Crippen MR) is 116 cm³/mol. The standard InChI is InChI=1S/C22H18ClN5S/c23-18-5-3-15(4-6-18)22-26-19(14-29-22)13-28-9-7-20-17(12-28)11-25-21(27-20)16-2-1-8-24-10-16/h1-6,8,10-11,14H,7,9,12-13H2. The molecule has 0 spiro atoms. The van der Waals surface area contributed by atoms with Crippen molar-refractivity contribution in [2.24, 2.45) is 0 Å². The van der Waals surface area contributed by atoms with E-state index in [1.165, 1.54) is 5.56 Å². The van der Waals surface area contributed by atoms with E-state index < -0.39 is 0 Å². The van der Waals surface area contributed by atoms with Crippen LogP contribution in [0.5, 0.6) is 0 Å². The molecule has 1 aromatic carbocycles. The number of hydrogen-bond donors (Lipinski definition) is 0. The number of thiazole rings is 1. The lowest BCUT2D eigenvalue weighted by Crippen LogP contribution is -2.31. The first-order valence-electron chi connectivity index (χ1n) is 9.42. The molecular formula is C22H18ClN5S. The molecule has 0 bridgehead atoms. The molecule has 5 nitrogen and oxygen atoms in total. The lowest BCUT2D eigenvalue weighted by atomic mass is 10.1. The minimum atomic E-state index is 0.742. The molecular weight excluding hydrogens is 402 g/mol. The Morgan fingerprint density at radius 3 is 2.76 bits per heavy atom. The van der Waals surface area contributed by atoms with Crippen molar-refractivity contribution in [2.75, 3.05) is 6.54 Å². The first-order chi connectivity index (χ1) is 14.2. The van der Waals surface area contributed by atoms with Crippen LogP contribution >= 0.6 is 22.9 Å². The van der Waals surface area contributed by atoms with E-state index >= 15 is 0 Å². The fraction of sp³-hybridized carbons (Fsp3) is 0.182. The molecule has 29 heavy (non-hydrogen) atoms. The molecule has 0 radical (unpaired) electrons. The minimum Gasteiger partial charge on any atom is -0.293 e. The van der Waals surface area contributed by atoms with Crippen molar-refractivity contribution in [1.82, 2.24) is 24.8 Å². The molecule has 0 atom stereocenters. The van der Waals surface area contributed by atoms with Gasteiger partial charge in [0.15, 0.2) is 5.82 Å². The lowest BCUT2D eigenvalue weighted by molar-refractivity contribution is 0.240. The van der Waals surface area contributed by atoms with Gasteiger partial charge in [-0.25, -0.2) is 15.0 Å². The zero-order chi connectivity index (χ0) is 19.6. The number of fused-ring (bicyclic) bond motifs is 1. The summed E-state index contributed by atoms with van der Waals surface area (Å²) in [6, 6.07) is 11.7. The Kier molecular flexibility index (Phi) is 5.06. The van der Waals surface area contributed by atoms with Crippen molar-refractivity contribution in [1.29, 1.82) is 0 Å². The van der Waals surface area contributed by atoms with Crippen molar-refractivity contribution < 1.29 is 0 Å². The molecule has 7 heteroatoms. The highest BCUT2D eigenvalue weighted by Gasteiger charge is 2.20. The van der Waals surface area contributed by atoms with Crippen LogP contribution in [0.25, 0.3) is 22.0 Å². The van der Waals surface area contributed by atoms with Crippen LogP contribution in [0.2, 0.25) is 5.02 Å². The Morgan fingerprint density at radius 1 is 1.03 bits per heavy atom. The molecule has 0 amide bonds. The zero-order valence-electron chi connectivity index (χ0n) is 15.6. The van der Waals surface area contributed by atoms with Gasteiger partial charge >= 0.3 is 0 Å². The first-order valence-corrected chi connectivity index (χ1v) is 10.7. The third kappa shape index (κ3) is 4.05. The molecule has 1 aliphatic rings. The number of hydrogen-bond acceptors (Lipinski definition) is 6. The number of rotatable bonds is 4. The summed E-state index contributed by atoms with van der Waals surface area (Å²) in [6.45, 7) is 2.63. The number of benzene rings is 1. The van der Waals surface area contributed by atoms with Gasteiger partial charge in [-0.2, -0.15) is 0 Å². The van der Waals surface area contributed by atoms with Crippen molar-refractivity contribution in [3.05, 3.63) is 82.3 Å². The summed E-state index contributed by atoms with van der Waals surface area (Å²) in [5.74, 6) is 0.748. The van der Waals surface area contributed by atoms with Crippen LogP contribution in [0, 0.1) is 0 Å². The molecule has 4 heterocycles. The Morgan fingerprint density at radius 2 is 1.93 bits per heavy atom. The van der Waals surface area contributed by atoms with Gasteiger partial charge in [0, 0.05) is 71.7 Å². The van der Waals surface area contributed by atoms with Gasteiger partial charge < -0.3 is 0 Å². The highest BCUT2D eigenvalue weighted by molar-refractivity contribution is 7.13. The molecule has 0 aliphatic carbocycles. The average Bonchev–Trinajstić information content (AvgIpc) is 3.23. The van der Waals surface area contributed by atoms with Crippen LogP contribution in [0.15, 0.2) is 60.4 Å². The number of nitrogens with zero attached hydrogens (tertiary/aromatic N) is 5. The highest BCUT2D eigenvalue weighted by Crippen LogP contribution is 2.27. The lowest BCUT2D eigenvalue weighted by Gasteiger charge is -2.27. The van der Waals surface area contributed by atoms with E-state index in [1.807, 2.05) is 42.6 Å². The van der Waals surface area contributed by atoms with Gasteiger partial charge in [-0.15, -0.1) is 11.3 Å². The molecule has 144 valence electrons. The molecule has 1 aliphatic heterocycles. The quantitative estimate of drug-likeness (QED) is 0.472. The molecule has 4 aromatic rings. The topological polar surface area (TPSA) is 54.8 Å². The van der Waals surface area contributed by atoms with Crippen molar-refractivity contribution in [2.45, 2.75) is 19.5 Å². The fourth-order valence-electron chi connectivity index (χ4n) is 3.48. The monoisotopic (exact) mass is 419 g/mol. The molecule has 5 rings (SSSR count). The maximum absolute atomic E-state index is 5.98. The zero-order valence-corrected chi connectivity index (χ0v) is 17.2. The maximum Gasteiger partial charge on any atom is 0.160 e. The van der Waals surface area contributed by atoms with Gasteiger partial charge in [-0.05, 0) is 24.3 Å². The third-order valence-electron chi connectivity index (χ3n) is 4.96. The van der Waals surface area contributed by atoms with Crippen LogP contribution in [-0.2, 0) is 19.5 Å². The number of aromatic nitrogens is 4. The number of pyridine rings is 1. The van der Waals surface area contributed by atoms with E-state index in [2.05, 4.69) is 20.2 Å². The highest BCUT2D eigenvalue weighted by atomic mass is 35.5. The van der Waals surface area contributed by atoms with E-state index in [9.17, 15) is 0 Å². The molecule has 0 N–H and O–H groups in total. The van der Waals surface area contributed by atoms with E-state index in [4.69, 9.17) is 21.6 Å². The second-order valence-corrected chi connectivity index (χ2v) is 8.31. The van der Waals surface area contributed by atoms with Gasteiger partial charge in [0.25, 0.3) is 0 Å². The van der Waals surface area contributed by atoms with E-state index in [0.29, 0.717) is 0 Å². The number of halogens is 1. The van der Waals surface area contributed by atoms with E-state index in [-0.39, 0.29) is 0 Å². The summed E-state index contributed by atoms with van der Waals surface area (Å²) < 4.78 is 0. The fourth-order valence-corrected chi connectivity index (χ4v) is 4.42. The average molecular weight is 420 g/mol. The van der Waals surface area contributed by atoms with Gasteiger partial charge in [0.05, 0.1) is 11.4 Å². The van der Waals surface area contributed by atoms with Crippen LogP contribution < -0.4 is 0 Å². The van der Waals surface area contributed by atoms with Gasteiger partial charge in [0.1, 0.15) is 5.01 Å². The SMILES string of the molecule is Clc1ccc(-c2nc(CN3CCc4nc(-c5cccnc5)ncc4C3)cs2)cc1. The Labute approximate surface area is 178 Å². The summed E-state index contributed by atoms with van der Waals surface area (Å²) in [5, 5.41) is 3.91. The summed E-state index contributed by atoms with van der Waals surface area (Å²) in [7, 11) is 0. The van der Waals surface area contributed by atoms with Crippen LogP contribution in [-0.4, -0.2) is 31.4 Å². The van der Waals surface area contributed by atoms with Gasteiger partial charge in [-0.3, -0.25) is 9.88 Å². The van der Waals surface area contributed by atoms with E-state index in [0.717, 1.165) is 64.4 Å². The van der Waals surface area contributed by atoms with Gasteiger partial charge in [0.2, 0.25) is 0 Å². The van der Waals surface area contributed by atoms with Crippen molar-refractivity contribution >= 4 is 22.9 Å². The molecule has 0 saturated heterocycles. The van der Waals surface area contributed by atoms with Crippen LogP contribution in [0.4, 0.5) is 0 Å². The Hall–Kier alpha value is -2.67. The largest absolute Gasteiger partial charge is 0.293 e. The van der Waals surface area contributed by atoms with Crippen molar-refractivity contribution in [3.8, 4) is 22.0 Å². The molecule has 3 aromatic heterocycles. The summed E-state index contributed by atoms with van der Waals surface area (Å²) in [5.41, 5.74) is 5.48. The predicted octanol–water partition coefficient (Wildman–Crippen LogP) is 4.87. The second-order valence-electron chi connectivity index (χ2n) is 7.02. The summed E-state index contributed by atoms with van der Waals surface area (Å²) >= 11 is 7.65. The smallest absolute Gasteiger partial charge is 0.160 e. The molecule has 0 saturated carbocycles. The summed E-state index contributed by atoms with van der Waals surface area (Å²) in [6.07, 6.45) is 6.43. The van der Waals surface area contributed by atoms with Gasteiger partial charge in [-0.1, -0.05) is 23.7 Å². The Bertz CT molecular complexity index is 1130. The van der Waals surface area contributed by atoms with Crippen LogP contribution in [0.1, 0.15) is 17.0 Å². The normalized spacial score (nSPS) is 14.0. The third-order valence-corrected chi connectivity index (χ3v) is 6.15. The second kappa shape index (κ2) is 7.99. The molecule has 0 unspecified atom stereocenters. The van der Waals surface area contributed by atoms with Crippen molar-refractivity contribution in [3.63, 3.8) is 0 Å². The minimum absolute atomic E-state index is 0.742. The summed E-state index contributed by atoms with van der Waals surface area (Å²) in [4.78, 5) is 20.7. The van der Waals surface area contributed by atoms with E-state index in [1.54, 1.807) is 23.7 Å². The van der Waals surface area contributed by atoms with Crippen LogP contribution in [0.3, 0.4) is 0 Å². The maximum atomic E-state index is 5.98. The molecule has 0 fully saturated rings. The Balaban J connectivity index is 1.29.